The minimum Gasteiger partial charge on any atom is -0.497 e. The zero-order chi connectivity index (χ0) is 23.0. The van der Waals surface area contributed by atoms with Gasteiger partial charge in [0.2, 0.25) is 11.8 Å². The molecule has 0 radical (unpaired) electrons. The number of carbonyl (C=O) groups excluding carboxylic acids is 2. The van der Waals surface area contributed by atoms with Gasteiger partial charge in [-0.1, -0.05) is 31.4 Å². The van der Waals surface area contributed by atoms with Crippen LogP contribution in [0, 0.1) is 0 Å². The van der Waals surface area contributed by atoms with Crippen LogP contribution >= 0.6 is 0 Å². The fourth-order valence-corrected chi connectivity index (χ4v) is 4.71. The van der Waals surface area contributed by atoms with Gasteiger partial charge >= 0.3 is 0 Å². The molecule has 2 fully saturated rings. The zero-order valence-electron chi connectivity index (χ0n) is 19.3. The van der Waals surface area contributed by atoms with Gasteiger partial charge in [0, 0.05) is 31.5 Å². The van der Waals surface area contributed by atoms with Crippen LogP contribution in [0.1, 0.15) is 43.2 Å². The summed E-state index contributed by atoms with van der Waals surface area (Å²) in [5.74, 6) is 0.723. The highest BCUT2D eigenvalue weighted by Crippen LogP contribution is 2.25. The summed E-state index contributed by atoms with van der Waals surface area (Å²) in [7, 11) is 1.62. The Hall–Kier alpha value is -2.93. The number of pyridine rings is 1. The van der Waals surface area contributed by atoms with Gasteiger partial charge in [-0.3, -0.25) is 14.6 Å². The van der Waals surface area contributed by atoms with E-state index in [1.807, 2.05) is 41.3 Å². The molecule has 1 saturated heterocycles. The van der Waals surface area contributed by atoms with Crippen LogP contribution in [0.15, 0.2) is 48.8 Å². The van der Waals surface area contributed by atoms with Crippen LogP contribution in [-0.2, 0) is 27.4 Å². The van der Waals surface area contributed by atoms with E-state index in [1.54, 1.807) is 24.4 Å². The molecule has 176 valence electrons. The van der Waals surface area contributed by atoms with Gasteiger partial charge in [0.05, 0.1) is 32.8 Å². The first-order valence-electron chi connectivity index (χ1n) is 11.8. The fraction of sp³-hybridized carbons (Fsp3) is 0.500. The molecule has 2 heterocycles. The Morgan fingerprint density at radius 2 is 1.73 bits per heavy atom. The number of carbonyl (C=O) groups is 2. The molecule has 0 bridgehead atoms. The number of benzene rings is 1. The van der Waals surface area contributed by atoms with Crippen molar-refractivity contribution in [3.8, 4) is 5.75 Å². The molecule has 2 amide bonds. The standard InChI is InChI=1S/C26H33N3O4/c1-32-23-9-7-20(8-10-23)15-25(30)28-16-24(33-19-21-11-13-27-14-12-21)17-29(26(31)18-28)22-5-3-2-4-6-22/h7-14,22,24H,2-6,15-19H2,1H3. The first-order valence-corrected chi connectivity index (χ1v) is 11.8. The van der Waals surface area contributed by atoms with E-state index in [1.165, 1.54) is 6.42 Å². The molecule has 1 aliphatic heterocycles. The third kappa shape index (κ3) is 6.32. The summed E-state index contributed by atoms with van der Waals surface area (Å²) in [5, 5.41) is 0. The van der Waals surface area contributed by atoms with Crippen molar-refractivity contribution in [3.05, 3.63) is 59.9 Å². The van der Waals surface area contributed by atoms with Gasteiger partial charge in [-0.25, -0.2) is 0 Å². The minimum absolute atomic E-state index is 0.0278. The predicted molar refractivity (Wildman–Crippen MR) is 125 cm³/mol. The van der Waals surface area contributed by atoms with E-state index in [2.05, 4.69) is 4.98 Å². The second kappa shape index (κ2) is 11.3. The molecule has 0 N–H and O–H groups in total. The Balaban J connectivity index is 1.47. The first kappa shape index (κ1) is 23.2. The molecule has 7 nitrogen and oxygen atoms in total. The van der Waals surface area contributed by atoms with Crippen LogP contribution in [0.4, 0.5) is 0 Å². The number of hydrogen-bond donors (Lipinski definition) is 0. The van der Waals surface area contributed by atoms with Crippen molar-refractivity contribution in [2.45, 2.75) is 57.3 Å². The molecule has 1 saturated carbocycles. The smallest absolute Gasteiger partial charge is 0.242 e. The summed E-state index contributed by atoms with van der Waals surface area (Å²) in [4.78, 5) is 34.1. The number of methoxy groups -OCH3 is 1. The van der Waals surface area contributed by atoms with E-state index in [9.17, 15) is 9.59 Å². The highest BCUT2D eigenvalue weighted by molar-refractivity contribution is 5.86. The monoisotopic (exact) mass is 451 g/mol. The molecule has 1 aliphatic carbocycles. The molecule has 2 aromatic rings. The molecule has 4 rings (SSSR count). The third-order valence-corrected chi connectivity index (χ3v) is 6.59. The highest BCUT2D eigenvalue weighted by Gasteiger charge is 2.34. The largest absolute Gasteiger partial charge is 0.497 e. The number of amides is 2. The van der Waals surface area contributed by atoms with Crippen LogP contribution in [0.5, 0.6) is 5.75 Å². The van der Waals surface area contributed by atoms with E-state index in [4.69, 9.17) is 9.47 Å². The van der Waals surface area contributed by atoms with Gasteiger partial charge in [-0.05, 0) is 48.2 Å². The lowest BCUT2D eigenvalue weighted by atomic mass is 9.94. The summed E-state index contributed by atoms with van der Waals surface area (Å²) >= 11 is 0. The van der Waals surface area contributed by atoms with E-state index >= 15 is 0 Å². The van der Waals surface area contributed by atoms with Gasteiger partial charge in [0.1, 0.15) is 5.75 Å². The van der Waals surface area contributed by atoms with Gasteiger partial charge in [-0.15, -0.1) is 0 Å². The average molecular weight is 452 g/mol. The molecule has 1 aromatic heterocycles. The quantitative estimate of drug-likeness (QED) is 0.646. The number of hydrogen-bond acceptors (Lipinski definition) is 5. The molecule has 33 heavy (non-hydrogen) atoms. The van der Waals surface area contributed by atoms with Crippen LogP contribution < -0.4 is 4.74 Å². The van der Waals surface area contributed by atoms with Gasteiger partial charge in [-0.2, -0.15) is 0 Å². The molecular weight excluding hydrogens is 418 g/mol. The predicted octanol–water partition coefficient (Wildman–Crippen LogP) is 3.22. The molecule has 1 unspecified atom stereocenters. The lowest BCUT2D eigenvalue weighted by Crippen LogP contribution is -2.46. The molecule has 1 aromatic carbocycles. The minimum atomic E-state index is -0.230. The van der Waals surface area contributed by atoms with E-state index in [0.717, 1.165) is 42.6 Å². The topological polar surface area (TPSA) is 72.0 Å². The lowest BCUT2D eigenvalue weighted by molar-refractivity contribution is -0.139. The molecular formula is C26H33N3O4. The Morgan fingerprint density at radius 3 is 2.42 bits per heavy atom. The SMILES string of the molecule is COc1ccc(CC(=O)N2CC(=O)N(C3CCCCC3)CC(OCc3ccncc3)C2)cc1. The van der Waals surface area contributed by atoms with Crippen molar-refractivity contribution < 1.29 is 19.1 Å². The van der Waals surface area contributed by atoms with E-state index < -0.39 is 0 Å². The number of rotatable bonds is 7. The van der Waals surface area contributed by atoms with Gasteiger partial charge in [0.15, 0.2) is 0 Å². The number of ether oxygens (including phenoxy) is 2. The zero-order valence-corrected chi connectivity index (χ0v) is 19.3. The molecule has 0 spiro atoms. The second-order valence-electron chi connectivity index (χ2n) is 8.93. The third-order valence-electron chi connectivity index (χ3n) is 6.59. The van der Waals surface area contributed by atoms with Gasteiger partial charge in [0.25, 0.3) is 0 Å². The van der Waals surface area contributed by atoms with Crippen LogP contribution in [0.25, 0.3) is 0 Å². The Morgan fingerprint density at radius 1 is 1.00 bits per heavy atom. The maximum absolute atomic E-state index is 13.2. The van der Waals surface area contributed by atoms with E-state index in [0.29, 0.717) is 19.7 Å². The maximum Gasteiger partial charge on any atom is 0.242 e. The Kier molecular flexibility index (Phi) is 7.94. The van der Waals surface area contributed by atoms with Crippen molar-refractivity contribution in [2.75, 3.05) is 26.7 Å². The van der Waals surface area contributed by atoms with Crippen molar-refractivity contribution in [3.63, 3.8) is 0 Å². The average Bonchev–Trinajstić information content (AvgIpc) is 3.03. The molecule has 2 aliphatic rings. The summed E-state index contributed by atoms with van der Waals surface area (Å²) in [6.45, 7) is 1.48. The molecule has 7 heteroatoms. The van der Waals surface area contributed by atoms with Crippen molar-refractivity contribution in [1.29, 1.82) is 0 Å². The number of nitrogens with zero attached hydrogens (tertiary/aromatic N) is 3. The van der Waals surface area contributed by atoms with Crippen molar-refractivity contribution in [2.24, 2.45) is 0 Å². The van der Waals surface area contributed by atoms with Gasteiger partial charge < -0.3 is 19.3 Å². The first-order chi connectivity index (χ1) is 16.1. The summed E-state index contributed by atoms with van der Waals surface area (Å²) in [5.41, 5.74) is 1.93. The second-order valence-corrected chi connectivity index (χ2v) is 8.93. The summed E-state index contributed by atoms with van der Waals surface area (Å²) in [6, 6.07) is 11.6. The normalized spacial score (nSPS) is 19.9. The van der Waals surface area contributed by atoms with Crippen molar-refractivity contribution >= 4 is 11.8 Å². The highest BCUT2D eigenvalue weighted by atomic mass is 16.5. The number of aromatic nitrogens is 1. The Labute approximate surface area is 195 Å². The summed E-state index contributed by atoms with van der Waals surface area (Å²) in [6.07, 6.45) is 9.10. The Bertz CT molecular complexity index is 913. The van der Waals surface area contributed by atoms with Crippen LogP contribution in [0.3, 0.4) is 0 Å². The van der Waals surface area contributed by atoms with Crippen molar-refractivity contribution in [1.82, 2.24) is 14.8 Å². The van der Waals surface area contributed by atoms with E-state index in [-0.39, 0.29) is 36.9 Å². The fourth-order valence-electron chi connectivity index (χ4n) is 4.71. The molecule has 1 atom stereocenters. The maximum atomic E-state index is 13.2. The lowest BCUT2D eigenvalue weighted by Gasteiger charge is -2.34. The van der Waals surface area contributed by atoms with Crippen LogP contribution in [0.2, 0.25) is 0 Å². The van der Waals surface area contributed by atoms with Crippen LogP contribution in [-0.4, -0.2) is 65.5 Å². The summed E-state index contributed by atoms with van der Waals surface area (Å²) < 4.78 is 11.4.